The summed E-state index contributed by atoms with van der Waals surface area (Å²) in [5, 5.41) is 0. The number of ether oxygens (including phenoxy) is 1. The van der Waals surface area contributed by atoms with E-state index in [4.69, 9.17) is 10.5 Å². The van der Waals surface area contributed by atoms with Crippen molar-refractivity contribution < 1.29 is 9.53 Å². The van der Waals surface area contributed by atoms with E-state index in [9.17, 15) is 4.79 Å². The molecule has 112 valence electrons. The number of hydrogen-bond donors (Lipinski definition) is 1. The highest BCUT2D eigenvalue weighted by Gasteiger charge is 2.18. The Bertz CT molecular complexity index is 461. The number of aryl methyl sites for hydroxylation is 2. The second kappa shape index (κ2) is 6.89. The summed E-state index contributed by atoms with van der Waals surface area (Å²) in [7, 11) is 0. The maximum absolute atomic E-state index is 11.8. The van der Waals surface area contributed by atoms with E-state index in [0.29, 0.717) is 13.0 Å². The molecule has 0 amide bonds. The van der Waals surface area contributed by atoms with Crippen molar-refractivity contribution in [3.8, 4) is 0 Å². The molecule has 1 atom stereocenters. The van der Waals surface area contributed by atoms with Crippen molar-refractivity contribution in [2.75, 3.05) is 6.54 Å². The van der Waals surface area contributed by atoms with Gasteiger partial charge in [-0.3, -0.25) is 4.79 Å². The molecule has 0 radical (unpaired) electrons. The van der Waals surface area contributed by atoms with Gasteiger partial charge in [-0.2, -0.15) is 0 Å². The molecular formula is C17H27NO2. The third kappa shape index (κ3) is 5.33. The van der Waals surface area contributed by atoms with Gasteiger partial charge in [0.2, 0.25) is 0 Å². The molecule has 0 fully saturated rings. The number of hydrogen-bond acceptors (Lipinski definition) is 3. The Morgan fingerprint density at radius 1 is 1.25 bits per heavy atom. The van der Waals surface area contributed by atoms with Crippen molar-refractivity contribution in [2.24, 2.45) is 5.73 Å². The highest BCUT2D eigenvalue weighted by Crippen LogP contribution is 2.23. The van der Waals surface area contributed by atoms with Gasteiger partial charge in [0.05, 0.1) is 0 Å². The van der Waals surface area contributed by atoms with Crippen molar-refractivity contribution in [3.05, 3.63) is 34.9 Å². The highest BCUT2D eigenvalue weighted by atomic mass is 16.6. The van der Waals surface area contributed by atoms with Crippen LogP contribution in [0.25, 0.3) is 0 Å². The van der Waals surface area contributed by atoms with Crippen molar-refractivity contribution >= 4 is 5.97 Å². The molecule has 1 aromatic carbocycles. The lowest BCUT2D eigenvalue weighted by Gasteiger charge is -2.21. The zero-order chi connectivity index (χ0) is 15.3. The third-order valence-electron chi connectivity index (χ3n) is 3.40. The first-order valence-corrected chi connectivity index (χ1v) is 7.22. The number of benzene rings is 1. The summed E-state index contributed by atoms with van der Waals surface area (Å²) >= 11 is 0. The summed E-state index contributed by atoms with van der Waals surface area (Å²) in [5.41, 5.74) is 9.18. The van der Waals surface area contributed by atoms with Gasteiger partial charge in [0.25, 0.3) is 0 Å². The molecule has 0 aliphatic heterocycles. The number of carbonyl (C=O) groups is 1. The zero-order valence-electron chi connectivity index (χ0n) is 13.3. The average molecular weight is 277 g/mol. The van der Waals surface area contributed by atoms with E-state index in [1.165, 1.54) is 16.7 Å². The van der Waals surface area contributed by atoms with Crippen LogP contribution in [-0.2, 0) is 9.53 Å². The lowest BCUT2D eigenvalue weighted by atomic mass is 9.92. The van der Waals surface area contributed by atoms with Crippen LogP contribution in [0.4, 0.5) is 0 Å². The molecule has 0 spiro atoms. The molecule has 1 rings (SSSR count). The van der Waals surface area contributed by atoms with Gasteiger partial charge in [-0.1, -0.05) is 18.2 Å². The smallest absolute Gasteiger partial charge is 0.306 e. The molecule has 20 heavy (non-hydrogen) atoms. The van der Waals surface area contributed by atoms with E-state index in [-0.39, 0.29) is 11.9 Å². The molecule has 0 heterocycles. The number of carbonyl (C=O) groups excluding carboxylic acids is 1. The summed E-state index contributed by atoms with van der Waals surface area (Å²) in [5.74, 6) is 0.0570. The van der Waals surface area contributed by atoms with Crippen molar-refractivity contribution in [1.29, 1.82) is 0 Å². The Kier molecular flexibility index (Phi) is 5.75. The molecule has 3 nitrogen and oxygen atoms in total. The largest absolute Gasteiger partial charge is 0.460 e. The molecule has 0 aliphatic rings. The van der Waals surface area contributed by atoms with E-state index in [0.717, 1.165) is 6.42 Å². The summed E-state index contributed by atoms with van der Waals surface area (Å²) in [6.07, 6.45) is 1.14. The van der Waals surface area contributed by atoms with Crippen LogP contribution in [0.3, 0.4) is 0 Å². The van der Waals surface area contributed by atoms with Gasteiger partial charge in [-0.15, -0.1) is 0 Å². The molecule has 2 N–H and O–H groups in total. The average Bonchev–Trinajstić information content (AvgIpc) is 2.32. The lowest BCUT2D eigenvalue weighted by molar-refractivity contribution is -0.155. The summed E-state index contributed by atoms with van der Waals surface area (Å²) in [6.45, 7) is 10.4. The minimum atomic E-state index is -0.421. The monoisotopic (exact) mass is 277 g/mol. The SMILES string of the molecule is Cc1ccc(C(CN)CCC(=O)OC(C)(C)C)cc1C. The van der Waals surface area contributed by atoms with Gasteiger partial charge in [0.1, 0.15) is 5.60 Å². The molecule has 1 unspecified atom stereocenters. The van der Waals surface area contributed by atoms with Crippen LogP contribution in [0.2, 0.25) is 0 Å². The Hall–Kier alpha value is -1.35. The fraction of sp³-hybridized carbons (Fsp3) is 0.588. The van der Waals surface area contributed by atoms with Crippen molar-refractivity contribution in [2.45, 2.75) is 59.0 Å². The molecular weight excluding hydrogens is 250 g/mol. The molecule has 0 bridgehead atoms. The van der Waals surface area contributed by atoms with E-state index in [1.54, 1.807) is 0 Å². The second-order valence-electron chi connectivity index (χ2n) is 6.40. The Labute approximate surface area is 122 Å². The van der Waals surface area contributed by atoms with Gasteiger partial charge >= 0.3 is 5.97 Å². The fourth-order valence-electron chi connectivity index (χ4n) is 2.12. The molecule has 3 heteroatoms. The first-order valence-electron chi connectivity index (χ1n) is 7.22. The molecule has 1 aromatic rings. The van der Waals surface area contributed by atoms with Gasteiger partial charge in [-0.05, 0) is 70.2 Å². The normalized spacial score (nSPS) is 13.1. The standard InChI is InChI=1S/C17H27NO2/c1-12-6-7-14(10-13(12)2)15(11-18)8-9-16(19)20-17(3,4)5/h6-7,10,15H,8-9,11,18H2,1-5H3. The highest BCUT2D eigenvalue weighted by molar-refractivity contribution is 5.69. The van der Waals surface area contributed by atoms with Crippen LogP contribution in [0, 0.1) is 13.8 Å². The Balaban J connectivity index is 2.63. The van der Waals surface area contributed by atoms with Crippen LogP contribution >= 0.6 is 0 Å². The first kappa shape index (κ1) is 16.7. The number of rotatable bonds is 5. The fourth-order valence-corrected chi connectivity index (χ4v) is 2.12. The summed E-state index contributed by atoms with van der Waals surface area (Å²) in [6, 6.07) is 6.39. The van der Waals surface area contributed by atoms with E-state index in [2.05, 4.69) is 32.0 Å². The van der Waals surface area contributed by atoms with Crippen LogP contribution in [-0.4, -0.2) is 18.1 Å². The van der Waals surface area contributed by atoms with Crippen LogP contribution < -0.4 is 5.73 Å². The van der Waals surface area contributed by atoms with Crippen LogP contribution in [0.5, 0.6) is 0 Å². The predicted octanol–water partition coefficient (Wildman–Crippen LogP) is 3.47. The first-order chi connectivity index (χ1) is 9.23. The zero-order valence-corrected chi connectivity index (χ0v) is 13.3. The molecule has 0 saturated heterocycles. The van der Waals surface area contributed by atoms with Gasteiger partial charge < -0.3 is 10.5 Å². The van der Waals surface area contributed by atoms with Gasteiger partial charge in [0, 0.05) is 6.42 Å². The molecule has 0 aromatic heterocycles. The van der Waals surface area contributed by atoms with E-state index >= 15 is 0 Å². The molecule has 0 saturated carbocycles. The quantitative estimate of drug-likeness (QED) is 0.838. The minimum absolute atomic E-state index is 0.153. The van der Waals surface area contributed by atoms with Crippen molar-refractivity contribution in [3.63, 3.8) is 0 Å². The Morgan fingerprint density at radius 2 is 1.90 bits per heavy atom. The second-order valence-corrected chi connectivity index (χ2v) is 6.40. The van der Waals surface area contributed by atoms with Crippen LogP contribution in [0.1, 0.15) is 56.2 Å². The predicted molar refractivity (Wildman–Crippen MR) is 82.8 cm³/mol. The maximum Gasteiger partial charge on any atom is 0.306 e. The van der Waals surface area contributed by atoms with Crippen LogP contribution in [0.15, 0.2) is 18.2 Å². The molecule has 0 aliphatic carbocycles. The lowest BCUT2D eigenvalue weighted by Crippen LogP contribution is -2.24. The number of esters is 1. The van der Waals surface area contributed by atoms with E-state index in [1.807, 2.05) is 20.8 Å². The number of nitrogens with two attached hydrogens (primary N) is 1. The third-order valence-corrected chi connectivity index (χ3v) is 3.40. The maximum atomic E-state index is 11.8. The van der Waals surface area contributed by atoms with Gasteiger partial charge in [-0.25, -0.2) is 0 Å². The summed E-state index contributed by atoms with van der Waals surface area (Å²) < 4.78 is 5.33. The summed E-state index contributed by atoms with van der Waals surface area (Å²) in [4.78, 5) is 11.8. The Morgan fingerprint density at radius 3 is 2.40 bits per heavy atom. The minimum Gasteiger partial charge on any atom is -0.460 e. The topological polar surface area (TPSA) is 52.3 Å². The van der Waals surface area contributed by atoms with Crippen molar-refractivity contribution in [1.82, 2.24) is 0 Å². The van der Waals surface area contributed by atoms with Gasteiger partial charge in [0.15, 0.2) is 0 Å². The van der Waals surface area contributed by atoms with E-state index < -0.39 is 5.60 Å².